The SMILES string of the molecule is c1ccc(C2=NC(c3cccc4oc5ccccc5c34)=NC(c3cccc(-c4ccc5sc6c(ccc7c(-c8ccccc8)nc8ccccc8c76)c5c4)c3)N2)cc1. The molecule has 1 aliphatic rings. The van der Waals surface area contributed by atoms with Gasteiger partial charge in [0.05, 0.1) is 11.2 Å². The number of pyridine rings is 1. The fraction of sp³-hybridized carbons (Fsp3) is 0.0192. The molecular formula is C52H32N4OS. The first-order valence-corrected chi connectivity index (χ1v) is 20.3. The van der Waals surface area contributed by atoms with Crippen molar-refractivity contribution in [2.24, 2.45) is 9.98 Å². The molecule has 0 amide bonds. The maximum atomic E-state index is 6.27. The number of hydrogen-bond donors (Lipinski definition) is 1. The minimum absolute atomic E-state index is 0.367. The monoisotopic (exact) mass is 760 g/mol. The first-order chi connectivity index (χ1) is 28.7. The van der Waals surface area contributed by atoms with Crippen molar-refractivity contribution in [2.75, 3.05) is 0 Å². The van der Waals surface area contributed by atoms with Gasteiger partial charge in [-0.15, -0.1) is 11.3 Å². The Morgan fingerprint density at radius 3 is 2.09 bits per heavy atom. The molecule has 6 heteroatoms. The number of thiophene rings is 1. The smallest absolute Gasteiger partial charge is 0.160 e. The molecule has 0 radical (unpaired) electrons. The summed E-state index contributed by atoms with van der Waals surface area (Å²) in [6.45, 7) is 0. The van der Waals surface area contributed by atoms with Gasteiger partial charge in [-0.3, -0.25) is 0 Å². The Morgan fingerprint density at radius 2 is 1.21 bits per heavy atom. The highest BCUT2D eigenvalue weighted by Gasteiger charge is 2.24. The van der Waals surface area contributed by atoms with Crippen molar-refractivity contribution in [3.8, 4) is 22.4 Å². The van der Waals surface area contributed by atoms with E-state index in [1.165, 1.54) is 36.3 Å². The Balaban J connectivity index is 0.987. The highest BCUT2D eigenvalue weighted by atomic mass is 32.1. The third-order valence-corrected chi connectivity index (χ3v) is 12.5. The fourth-order valence-electron chi connectivity index (χ4n) is 8.60. The van der Waals surface area contributed by atoms with E-state index in [1.54, 1.807) is 0 Å². The zero-order chi connectivity index (χ0) is 38.2. The van der Waals surface area contributed by atoms with E-state index in [2.05, 4.69) is 139 Å². The van der Waals surface area contributed by atoms with E-state index >= 15 is 0 Å². The van der Waals surface area contributed by atoms with Crippen LogP contribution in [0.15, 0.2) is 196 Å². The van der Waals surface area contributed by atoms with E-state index < -0.39 is 0 Å². The molecule has 8 aromatic carbocycles. The molecule has 1 N–H and O–H groups in total. The normalized spacial score (nSPS) is 14.4. The predicted octanol–water partition coefficient (Wildman–Crippen LogP) is 13.5. The lowest BCUT2D eigenvalue weighted by atomic mass is 9.97. The van der Waals surface area contributed by atoms with Crippen LogP contribution in [0.2, 0.25) is 0 Å². The Kier molecular flexibility index (Phi) is 7.40. The van der Waals surface area contributed by atoms with E-state index in [4.69, 9.17) is 19.4 Å². The number of hydrogen-bond acceptors (Lipinski definition) is 6. The number of fused-ring (bicyclic) bond motifs is 10. The molecule has 0 spiro atoms. The van der Waals surface area contributed by atoms with Gasteiger partial charge < -0.3 is 9.73 Å². The molecule has 12 rings (SSSR count). The van der Waals surface area contributed by atoms with Gasteiger partial charge in [0.1, 0.15) is 23.2 Å². The molecule has 272 valence electrons. The summed E-state index contributed by atoms with van der Waals surface area (Å²) in [6.07, 6.45) is -0.367. The van der Waals surface area contributed by atoms with Gasteiger partial charge in [0.15, 0.2) is 5.84 Å². The highest BCUT2D eigenvalue weighted by molar-refractivity contribution is 7.26. The summed E-state index contributed by atoms with van der Waals surface area (Å²) in [5.74, 6) is 1.45. The lowest BCUT2D eigenvalue weighted by Crippen LogP contribution is -2.33. The number of amidine groups is 2. The van der Waals surface area contributed by atoms with Crippen molar-refractivity contribution in [2.45, 2.75) is 6.17 Å². The second-order valence-corrected chi connectivity index (χ2v) is 15.8. The summed E-state index contributed by atoms with van der Waals surface area (Å²) < 4.78 is 8.81. The first-order valence-electron chi connectivity index (χ1n) is 19.5. The average molecular weight is 761 g/mol. The summed E-state index contributed by atoms with van der Waals surface area (Å²) in [5.41, 5.74) is 10.1. The third kappa shape index (κ3) is 5.26. The summed E-state index contributed by atoms with van der Waals surface area (Å²) >= 11 is 1.86. The number of furan rings is 1. The predicted molar refractivity (Wildman–Crippen MR) is 242 cm³/mol. The van der Waals surface area contributed by atoms with Gasteiger partial charge in [0.2, 0.25) is 0 Å². The largest absolute Gasteiger partial charge is 0.456 e. The standard InChI is InChI=1S/C52H32N4OS/c1-3-13-31(14-4-1)48-39-27-26-36-41-30-34(25-28-45(41)58-49(36)47(39)37-19-7-9-22-42(37)53-48)33-17-11-18-35(29-33)51-54-50(32-15-5-2-6-16-32)55-52(56-51)40-21-12-24-44-46(40)38-20-8-10-23-43(38)57-44/h1-30,51H,(H,54,55,56). The van der Waals surface area contributed by atoms with Crippen molar-refractivity contribution in [3.63, 3.8) is 0 Å². The molecular weight excluding hydrogens is 729 g/mol. The molecule has 3 aromatic heterocycles. The van der Waals surface area contributed by atoms with Gasteiger partial charge in [0.25, 0.3) is 0 Å². The maximum Gasteiger partial charge on any atom is 0.160 e. The number of rotatable bonds is 5. The van der Waals surface area contributed by atoms with Gasteiger partial charge in [-0.1, -0.05) is 146 Å². The summed E-state index contributed by atoms with van der Waals surface area (Å²) in [4.78, 5) is 15.6. The molecule has 0 saturated heterocycles. The van der Waals surface area contributed by atoms with Crippen molar-refractivity contribution >= 4 is 86.8 Å². The molecule has 11 aromatic rings. The zero-order valence-electron chi connectivity index (χ0n) is 31.1. The second-order valence-electron chi connectivity index (χ2n) is 14.7. The van der Waals surface area contributed by atoms with Crippen molar-refractivity contribution in [1.29, 1.82) is 0 Å². The molecule has 4 heterocycles. The molecule has 0 bridgehead atoms. The van der Waals surface area contributed by atoms with Crippen LogP contribution in [-0.2, 0) is 0 Å². The van der Waals surface area contributed by atoms with Crippen LogP contribution in [0.4, 0.5) is 0 Å². The van der Waals surface area contributed by atoms with Crippen molar-refractivity contribution in [3.05, 3.63) is 199 Å². The number of para-hydroxylation sites is 2. The molecule has 58 heavy (non-hydrogen) atoms. The van der Waals surface area contributed by atoms with Crippen LogP contribution in [-0.4, -0.2) is 16.7 Å². The quantitative estimate of drug-likeness (QED) is 0.178. The molecule has 5 nitrogen and oxygen atoms in total. The molecule has 1 atom stereocenters. The number of benzene rings is 8. The van der Waals surface area contributed by atoms with E-state index in [9.17, 15) is 0 Å². The van der Waals surface area contributed by atoms with Crippen molar-refractivity contribution in [1.82, 2.24) is 10.3 Å². The Hall–Kier alpha value is -7.41. The number of nitrogens with one attached hydrogen (secondary N) is 1. The first kappa shape index (κ1) is 32.8. The average Bonchev–Trinajstić information content (AvgIpc) is 3.87. The highest BCUT2D eigenvalue weighted by Crippen LogP contribution is 2.44. The van der Waals surface area contributed by atoms with Gasteiger partial charge in [-0.2, -0.15) is 0 Å². The summed E-state index contributed by atoms with van der Waals surface area (Å²) in [6, 6.07) is 63.8. The van der Waals surface area contributed by atoms with Crippen LogP contribution in [0.1, 0.15) is 22.9 Å². The fourth-order valence-corrected chi connectivity index (χ4v) is 9.84. The summed E-state index contributed by atoms with van der Waals surface area (Å²) in [5, 5.41) is 11.9. The van der Waals surface area contributed by atoms with Crippen LogP contribution in [0, 0.1) is 0 Å². The Bertz CT molecular complexity index is 3490. The lowest BCUT2D eigenvalue weighted by molar-refractivity contribution is 0.668. The van der Waals surface area contributed by atoms with Crippen LogP contribution in [0.25, 0.3) is 86.2 Å². The molecule has 1 aliphatic heterocycles. The van der Waals surface area contributed by atoms with Gasteiger partial charge in [0, 0.05) is 63.8 Å². The van der Waals surface area contributed by atoms with Gasteiger partial charge in [-0.05, 0) is 53.1 Å². The Labute approximate surface area is 337 Å². The lowest BCUT2D eigenvalue weighted by Gasteiger charge is -2.24. The van der Waals surface area contributed by atoms with Gasteiger partial charge >= 0.3 is 0 Å². The second kappa shape index (κ2) is 13.1. The van der Waals surface area contributed by atoms with Gasteiger partial charge in [-0.25, -0.2) is 15.0 Å². The van der Waals surface area contributed by atoms with Crippen molar-refractivity contribution < 1.29 is 4.42 Å². The molecule has 1 unspecified atom stereocenters. The number of nitrogens with zero attached hydrogens (tertiary/aromatic N) is 3. The van der Waals surface area contributed by atoms with Crippen LogP contribution in [0.5, 0.6) is 0 Å². The third-order valence-electron chi connectivity index (χ3n) is 11.3. The van der Waals surface area contributed by atoms with Crippen LogP contribution in [0.3, 0.4) is 0 Å². The maximum absolute atomic E-state index is 6.27. The minimum atomic E-state index is -0.367. The molecule has 0 saturated carbocycles. The minimum Gasteiger partial charge on any atom is -0.456 e. The summed E-state index contributed by atoms with van der Waals surface area (Å²) in [7, 11) is 0. The van der Waals surface area contributed by atoms with E-state index in [0.717, 1.165) is 72.4 Å². The van der Waals surface area contributed by atoms with E-state index in [1.807, 2.05) is 59.9 Å². The zero-order valence-corrected chi connectivity index (χ0v) is 31.9. The number of aliphatic imine (C=N–C) groups is 2. The van der Waals surface area contributed by atoms with E-state index in [0.29, 0.717) is 5.84 Å². The van der Waals surface area contributed by atoms with Crippen LogP contribution >= 0.6 is 11.3 Å². The molecule has 0 aliphatic carbocycles. The number of aromatic nitrogens is 1. The topological polar surface area (TPSA) is 62.8 Å². The Morgan fingerprint density at radius 1 is 0.500 bits per heavy atom. The van der Waals surface area contributed by atoms with Crippen LogP contribution < -0.4 is 5.32 Å². The molecule has 0 fully saturated rings. The van der Waals surface area contributed by atoms with E-state index in [-0.39, 0.29) is 6.17 Å².